The van der Waals surface area contributed by atoms with Gasteiger partial charge in [0.1, 0.15) is 0 Å². The van der Waals surface area contributed by atoms with E-state index in [1.54, 1.807) is 0 Å². The van der Waals surface area contributed by atoms with Gasteiger partial charge in [-0.3, -0.25) is 9.59 Å². The van der Waals surface area contributed by atoms with Crippen molar-refractivity contribution in [2.45, 2.75) is 20.3 Å². The lowest BCUT2D eigenvalue weighted by atomic mass is 10.1. The van der Waals surface area contributed by atoms with Crippen LogP contribution in [0.4, 0.5) is 5.69 Å². The number of benzene rings is 1. The van der Waals surface area contributed by atoms with E-state index >= 15 is 0 Å². The topological polar surface area (TPSA) is 70.7 Å². The van der Waals surface area contributed by atoms with E-state index in [0.29, 0.717) is 25.4 Å². The van der Waals surface area contributed by atoms with E-state index in [2.05, 4.69) is 39.8 Å². The first kappa shape index (κ1) is 18.3. The third-order valence-electron chi connectivity index (χ3n) is 3.89. The lowest BCUT2D eigenvalue weighted by Gasteiger charge is -2.28. The number of carbonyl (C=O) groups excluding carboxylic acids is 2. The van der Waals surface area contributed by atoms with Gasteiger partial charge in [0.05, 0.1) is 13.2 Å². The monoisotopic (exact) mass is 333 g/mol. The van der Waals surface area contributed by atoms with Gasteiger partial charge in [-0.1, -0.05) is 26.0 Å². The molecule has 1 heterocycles. The Morgan fingerprint density at radius 1 is 1.08 bits per heavy atom. The molecule has 1 saturated heterocycles. The molecular formula is C18H27N3O3. The first-order chi connectivity index (χ1) is 11.6. The maximum Gasteiger partial charge on any atom is 0.309 e. The maximum absolute atomic E-state index is 11.7. The molecule has 1 aromatic carbocycles. The third kappa shape index (κ3) is 5.85. The van der Waals surface area contributed by atoms with Crippen molar-refractivity contribution >= 4 is 17.5 Å². The largest absolute Gasteiger partial charge is 0.378 e. The molecule has 0 aliphatic carbocycles. The van der Waals surface area contributed by atoms with Gasteiger partial charge in [-0.25, -0.2) is 0 Å². The van der Waals surface area contributed by atoms with E-state index < -0.39 is 11.8 Å². The van der Waals surface area contributed by atoms with Crippen LogP contribution in [0.1, 0.15) is 19.4 Å². The van der Waals surface area contributed by atoms with Crippen molar-refractivity contribution in [3.63, 3.8) is 0 Å². The average molecular weight is 333 g/mol. The number of hydrogen-bond donors (Lipinski definition) is 2. The van der Waals surface area contributed by atoms with Crippen molar-refractivity contribution in [3.8, 4) is 0 Å². The van der Waals surface area contributed by atoms with E-state index in [1.807, 2.05) is 13.8 Å². The molecule has 132 valence electrons. The van der Waals surface area contributed by atoms with Crippen molar-refractivity contribution in [3.05, 3.63) is 29.8 Å². The molecule has 0 spiro atoms. The predicted molar refractivity (Wildman–Crippen MR) is 94.0 cm³/mol. The highest BCUT2D eigenvalue weighted by Crippen LogP contribution is 2.16. The molecule has 24 heavy (non-hydrogen) atoms. The lowest BCUT2D eigenvalue weighted by molar-refractivity contribution is -0.139. The first-order valence-corrected chi connectivity index (χ1v) is 8.54. The smallest absolute Gasteiger partial charge is 0.309 e. The summed E-state index contributed by atoms with van der Waals surface area (Å²) < 4.78 is 5.36. The van der Waals surface area contributed by atoms with Gasteiger partial charge in [0.15, 0.2) is 0 Å². The summed E-state index contributed by atoms with van der Waals surface area (Å²) in [6, 6.07) is 8.32. The molecule has 0 unspecified atom stereocenters. The number of hydrogen-bond acceptors (Lipinski definition) is 4. The molecule has 2 rings (SSSR count). The quantitative estimate of drug-likeness (QED) is 0.761. The van der Waals surface area contributed by atoms with E-state index in [0.717, 1.165) is 31.9 Å². The predicted octanol–water partition coefficient (Wildman–Crippen LogP) is 0.954. The van der Waals surface area contributed by atoms with Gasteiger partial charge in [0, 0.05) is 31.9 Å². The molecule has 2 amide bonds. The molecule has 0 bridgehead atoms. The van der Waals surface area contributed by atoms with Gasteiger partial charge in [-0.05, 0) is 30.0 Å². The maximum atomic E-state index is 11.7. The summed E-state index contributed by atoms with van der Waals surface area (Å²) in [5.41, 5.74) is 2.33. The molecule has 6 nitrogen and oxygen atoms in total. The van der Waals surface area contributed by atoms with Crippen LogP contribution in [0.25, 0.3) is 0 Å². The van der Waals surface area contributed by atoms with Crippen molar-refractivity contribution in [2.24, 2.45) is 5.92 Å². The van der Waals surface area contributed by atoms with Crippen LogP contribution in [-0.4, -0.2) is 51.2 Å². The zero-order chi connectivity index (χ0) is 17.4. The van der Waals surface area contributed by atoms with Gasteiger partial charge in [0.25, 0.3) is 0 Å². The molecular weight excluding hydrogens is 306 g/mol. The molecule has 6 heteroatoms. The Morgan fingerprint density at radius 3 is 2.33 bits per heavy atom. The number of nitrogens with zero attached hydrogens (tertiary/aromatic N) is 1. The van der Waals surface area contributed by atoms with Crippen molar-refractivity contribution < 1.29 is 14.3 Å². The SMILES string of the molecule is CC(C)CNC(=O)C(=O)NCCc1ccc(N2CCOCC2)cc1. The second-order valence-electron chi connectivity index (χ2n) is 6.38. The second-order valence-corrected chi connectivity index (χ2v) is 6.38. The fraction of sp³-hybridized carbons (Fsp3) is 0.556. The Kier molecular flexibility index (Phi) is 7.06. The average Bonchev–Trinajstić information content (AvgIpc) is 2.61. The Hall–Kier alpha value is -2.08. The molecule has 0 aromatic heterocycles. The number of ether oxygens (including phenoxy) is 1. The van der Waals surface area contributed by atoms with Crippen molar-refractivity contribution in [2.75, 3.05) is 44.3 Å². The Balaban J connectivity index is 1.72. The van der Waals surface area contributed by atoms with Gasteiger partial charge in [-0.2, -0.15) is 0 Å². The number of nitrogens with one attached hydrogen (secondary N) is 2. The number of morpholine rings is 1. The Bertz CT molecular complexity index is 537. The van der Waals surface area contributed by atoms with Gasteiger partial charge in [-0.15, -0.1) is 0 Å². The highest BCUT2D eigenvalue weighted by molar-refractivity contribution is 6.35. The minimum atomic E-state index is -0.569. The Morgan fingerprint density at radius 2 is 1.71 bits per heavy atom. The third-order valence-corrected chi connectivity index (χ3v) is 3.89. The fourth-order valence-corrected chi connectivity index (χ4v) is 2.47. The molecule has 1 aliphatic heterocycles. The van der Waals surface area contributed by atoms with Crippen molar-refractivity contribution in [1.29, 1.82) is 0 Å². The molecule has 2 N–H and O–H groups in total. The number of anilines is 1. The molecule has 0 radical (unpaired) electrons. The van der Waals surface area contributed by atoms with Crippen LogP contribution in [0, 0.1) is 5.92 Å². The van der Waals surface area contributed by atoms with Crippen LogP contribution in [-0.2, 0) is 20.7 Å². The minimum absolute atomic E-state index is 0.326. The fourth-order valence-electron chi connectivity index (χ4n) is 2.47. The number of rotatable bonds is 6. The van der Waals surface area contributed by atoms with Gasteiger partial charge >= 0.3 is 11.8 Å². The van der Waals surface area contributed by atoms with E-state index in [-0.39, 0.29) is 0 Å². The number of carbonyl (C=O) groups is 2. The van der Waals surface area contributed by atoms with Crippen LogP contribution in [0.3, 0.4) is 0 Å². The standard InChI is InChI=1S/C18H27N3O3/c1-14(2)13-20-18(23)17(22)19-8-7-15-3-5-16(6-4-15)21-9-11-24-12-10-21/h3-6,14H,7-13H2,1-2H3,(H,19,22)(H,20,23). The molecule has 0 saturated carbocycles. The summed E-state index contributed by atoms with van der Waals surface area (Å²) in [6.07, 6.45) is 0.701. The summed E-state index contributed by atoms with van der Waals surface area (Å²) in [7, 11) is 0. The molecule has 1 aromatic rings. The van der Waals surface area contributed by atoms with E-state index in [4.69, 9.17) is 4.74 Å². The molecule has 1 fully saturated rings. The van der Waals surface area contributed by atoms with Gasteiger partial charge < -0.3 is 20.3 Å². The highest BCUT2D eigenvalue weighted by atomic mass is 16.5. The van der Waals surface area contributed by atoms with Crippen LogP contribution < -0.4 is 15.5 Å². The first-order valence-electron chi connectivity index (χ1n) is 8.54. The van der Waals surface area contributed by atoms with E-state index in [9.17, 15) is 9.59 Å². The summed E-state index contributed by atoms with van der Waals surface area (Å²) >= 11 is 0. The Labute approximate surface area is 143 Å². The van der Waals surface area contributed by atoms with Crippen LogP contribution in [0.15, 0.2) is 24.3 Å². The normalized spacial score (nSPS) is 14.5. The zero-order valence-electron chi connectivity index (χ0n) is 14.5. The molecule has 0 atom stereocenters. The van der Waals surface area contributed by atoms with Crippen LogP contribution >= 0.6 is 0 Å². The van der Waals surface area contributed by atoms with E-state index in [1.165, 1.54) is 5.69 Å². The molecule has 1 aliphatic rings. The zero-order valence-corrected chi connectivity index (χ0v) is 14.5. The van der Waals surface area contributed by atoms with Crippen LogP contribution in [0.2, 0.25) is 0 Å². The summed E-state index contributed by atoms with van der Waals surface area (Å²) in [4.78, 5) is 25.5. The minimum Gasteiger partial charge on any atom is -0.378 e. The second kappa shape index (κ2) is 9.27. The highest BCUT2D eigenvalue weighted by Gasteiger charge is 2.13. The summed E-state index contributed by atoms with van der Waals surface area (Å²) in [5, 5.41) is 5.26. The van der Waals surface area contributed by atoms with Crippen LogP contribution in [0.5, 0.6) is 0 Å². The lowest BCUT2D eigenvalue weighted by Crippen LogP contribution is -2.41. The van der Waals surface area contributed by atoms with Gasteiger partial charge in [0.2, 0.25) is 0 Å². The summed E-state index contributed by atoms with van der Waals surface area (Å²) in [6.45, 7) is 8.30. The summed E-state index contributed by atoms with van der Waals surface area (Å²) in [5.74, 6) is -0.807. The van der Waals surface area contributed by atoms with Crippen molar-refractivity contribution in [1.82, 2.24) is 10.6 Å². The number of amides is 2.